The first-order valence-corrected chi connectivity index (χ1v) is 6.99. The Hall–Kier alpha value is -1.06. The predicted molar refractivity (Wildman–Crippen MR) is 77.5 cm³/mol. The van der Waals surface area contributed by atoms with Crippen molar-refractivity contribution >= 4 is 0 Å². The van der Waals surface area contributed by atoms with Crippen molar-refractivity contribution in [3.05, 3.63) is 29.8 Å². The monoisotopic (exact) mass is 263 g/mol. The van der Waals surface area contributed by atoms with Crippen LogP contribution in [0.3, 0.4) is 0 Å². The first-order valence-electron chi connectivity index (χ1n) is 6.99. The predicted octanol–water partition coefficient (Wildman–Crippen LogP) is 2.91. The van der Waals surface area contributed by atoms with Gasteiger partial charge >= 0.3 is 0 Å². The molecule has 1 aromatic carbocycles. The fourth-order valence-electron chi connectivity index (χ4n) is 2.83. The van der Waals surface area contributed by atoms with Crippen molar-refractivity contribution in [1.82, 2.24) is 0 Å². The number of ether oxygens (including phenoxy) is 2. The third-order valence-corrected chi connectivity index (χ3v) is 3.65. The Bertz CT molecular complexity index is 440. The van der Waals surface area contributed by atoms with Crippen LogP contribution < -0.4 is 10.5 Å². The van der Waals surface area contributed by atoms with E-state index >= 15 is 0 Å². The zero-order chi connectivity index (χ0) is 14.1. The standard InChI is InChI=1S/C16H25NO2/c1-15(2)11-14(16(3,4)19-15)18-13-8-6-5-7-12(13)9-10-17/h5-8,14H,9-11,17H2,1-4H3. The molecule has 0 radical (unpaired) electrons. The minimum absolute atomic E-state index is 0.0708. The minimum atomic E-state index is -0.265. The molecule has 0 spiro atoms. The van der Waals surface area contributed by atoms with Crippen LogP contribution in [-0.2, 0) is 11.2 Å². The van der Waals surface area contributed by atoms with Crippen molar-refractivity contribution in [2.24, 2.45) is 5.73 Å². The van der Waals surface area contributed by atoms with Crippen molar-refractivity contribution in [2.75, 3.05) is 6.54 Å². The lowest BCUT2D eigenvalue weighted by Gasteiger charge is -2.28. The average Bonchev–Trinajstić information content (AvgIpc) is 2.50. The molecular weight excluding hydrogens is 238 g/mol. The molecule has 3 heteroatoms. The van der Waals surface area contributed by atoms with Gasteiger partial charge < -0.3 is 15.2 Å². The lowest BCUT2D eigenvalue weighted by molar-refractivity contribution is -0.0846. The highest BCUT2D eigenvalue weighted by Gasteiger charge is 2.47. The topological polar surface area (TPSA) is 44.5 Å². The second-order valence-corrected chi connectivity index (χ2v) is 6.42. The van der Waals surface area contributed by atoms with Gasteiger partial charge in [0.2, 0.25) is 0 Å². The second-order valence-electron chi connectivity index (χ2n) is 6.42. The van der Waals surface area contributed by atoms with E-state index in [1.54, 1.807) is 0 Å². The SMILES string of the molecule is CC1(C)CC(Oc2ccccc2CCN)C(C)(C)O1. The molecule has 1 aliphatic heterocycles. The lowest BCUT2D eigenvalue weighted by atomic mass is 9.97. The van der Waals surface area contributed by atoms with Crippen LogP contribution in [0.2, 0.25) is 0 Å². The highest BCUT2D eigenvalue weighted by Crippen LogP contribution is 2.40. The molecule has 0 aromatic heterocycles. The van der Waals surface area contributed by atoms with E-state index in [2.05, 4.69) is 33.8 Å². The smallest absolute Gasteiger partial charge is 0.130 e. The van der Waals surface area contributed by atoms with Gasteiger partial charge in [-0.05, 0) is 52.3 Å². The molecule has 1 aromatic rings. The number of hydrogen-bond donors (Lipinski definition) is 1. The number of rotatable bonds is 4. The summed E-state index contributed by atoms with van der Waals surface area (Å²) < 4.78 is 12.3. The van der Waals surface area contributed by atoms with E-state index in [0.717, 1.165) is 18.6 Å². The molecule has 0 aliphatic carbocycles. The molecule has 1 saturated heterocycles. The minimum Gasteiger partial charge on any atom is -0.487 e. The summed E-state index contributed by atoms with van der Waals surface area (Å²) in [5.41, 5.74) is 6.43. The normalized spacial score (nSPS) is 24.4. The molecule has 0 amide bonds. The number of nitrogens with two attached hydrogens (primary N) is 1. The molecule has 0 bridgehead atoms. The number of benzene rings is 1. The van der Waals surface area contributed by atoms with E-state index in [0.29, 0.717) is 6.54 Å². The van der Waals surface area contributed by atoms with Gasteiger partial charge in [0.1, 0.15) is 17.5 Å². The van der Waals surface area contributed by atoms with Crippen molar-refractivity contribution in [3.63, 3.8) is 0 Å². The average molecular weight is 263 g/mol. The summed E-state index contributed by atoms with van der Waals surface area (Å²) >= 11 is 0. The van der Waals surface area contributed by atoms with Crippen LogP contribution in [0.1, 0.15) is 39.7 Å². The summed E-state index contributed by atoms with van der Waals surface area (Å²) in [5.74, 6) is 0.937. The first kappa shape index (κ1) is 14.4. The van der Waals surface area contributed by atoms with Gasteiger partial charge in [0.15, 0.2) is 0 Å². The summed E-state index contributed by atoms with van der Waals surface area (Å²) in [7, 11) is 0. The van der Waals surface area contributed by atoms with Crippen LogP contribution >= 0.6 is 0 Å². The van der Waals surface area contributed by atoms with Crippen LogP contribution in [0.25, 0.3) is 0 Å². The first-order chi connectivity index (χ1) is 8.84. The second kappa shape index (κ2) is 5.14. The molecule has 3 nitrogen and oxygen atoms in total. The van der Waals surface area contributed by atoms with Crippen LogP contribution in [0.5, 0.6) is 5.75 Å². The van der Waals surface area contributed by atoms with Gasteiger partial charge in [-0.25, -0.2) is 0 Å². The molecular formula is C16H25NO2. The molecule has 2 N–H and O–H groups in total. The Balaban J connectivity index is 2.17. The third-order valence-electron chi connectivity index (χ3n) is 3.65. The Morgan fingerprint density at radius 2 is 1.95 bits per heavy atom. The summed E-state index contributed by atoms with van der Waals surface area (Å²) in [6.07, 6.45) is 1.81. The van der Waals surface area contributed by atoms with Gasteiger partial charge in [-0.2, -0.15) is 0 Å². The summed E-state index contributed by atoms with van der Waals surface area (Å²) in [4.78, 5) is 0. The van der Waals surface area contributed by atoms with Gasteiger partial charge in [-0.1, -0.05) is 18.2 Å². The van der Waals surface area contributed by atoms with Gasteiger partial charge in [0, 0.05) is 6.42 Å². The Morgan fingerprint density at radius 1 is 1.26 bits per heavy atom. The molecule has 1 heterocycles. The summed E-state index contributed by atoms with van der Waals surface area (Å²) in [6.45, 7) is 9.06. The van der Waals surface area contributed by atoms with Gasteiger partial charge in [-0.15, -0.1) is 0 Å². The maximum atomic E-state index is 6.23. The largest absolute Gasteiger partial charge is 0.487 e. The van der Waals surface area contributed by atoms with E-state index in [4.69, 9.17) is 15.2 Å². The zero-order valence-corrected chi connectivity index (χ0v) is 12.4. The number of hydrogen-bond acceptors (Lipinski definition) is 3. The van der Waals surface area contributed by atoms with E-state index in [-0.39, 0.29) is 17.3 Å². The van der Waals surface area contributed by atoms with Crippen molar-refractivity contribution in [3.8, 4) is 5.75 Å². The van der Waals surface area contributed by atoms with Crippen LogP contribution in [0, 0.1) is 0 Å². The van der Waals surface area contributed by atoms with E-state index < -0.39 is 0 Å². The highest BCUT2D eigenvalue weighted by atomic mass is 16.6. The Kier molecular flexibility index (Phi) is 3.88. The fourth-order valence-corrected chi connectivity index (χ4v) is 2.83. The summed E-state index contributed by atoms with van der Waals surface area (Å²) in [5, 5.41) is 0. The van der Waals surface area contributed by atoms with Crippen LogP contribution in [-0.4, -0.2) is 23.9 Å². The molecule has 19 heavy (non-hydrogen) atoms. The van der Waals surface area contributed by atoms with Gasteiger partial charge in [0.05, 0.1) is 5.60 Å². The third kappa shape index (κ3) is 3.28. The Labute approximate surface area is 116 Å². The fraction of sp³-hybridized carbons (Fsp3) is 0.625. The molecule has 2 rings (SSSR count). The highest BCUT2D eigenvalue weighted by molar-refractivity contribution is 5.34. The van der Waals surface area contributed by atoms with Crippen LogP contribution in [0.15, 0.2) is 24.3 Å². The van der Waals surface area contributed by atoms with E-state index in [9.17, 15) is 0 Å². The molecule has 1 atom stereocenters. The van der Waals surface area contributed by atoms with Crippen LogP contribution in [0.4, 0.5) is 0 Å². The Morgan fingerprint density at radius 3 is 2.53 bits per heavy atom. The molecule has 106 valence electrons. The lowest BCUT2D eigenvalue weighted by Crippen LogP contribution is -2.37. The zero-order valence-electron chi connectivity index (χ0n) is 12.4. The number of para-hydroxylation sites is 1. The van der Waals surface area contributed by atoms with Crippen molar-refractivity contribution < 1.29 is 9.47 Å². The molecule has 1 unspecified atom stereocenters. The van der Waals surface area contributed by atoms with Gasteiger partial charge in [-0.3, -0.25) is 0 Å². The van der Waals surface area contributed by atoms with Gasteiger partial charge in [0.25, 0.3) is 0 Å². The molecule has 1 fully saturated rings. The molecule has 1 aliphatic rings. The maximum absolute atomic E-state index is 6.23. The van der Waals surface area contributed by atoms with E-state index in [1.165, 1.54) is 5.56 Å². The maximum Gasteiger partial charge on any atom is 0.130 e. The quantitative estimate of drug-likeness (QED) is 0.908. The van der Waals surface area contributed by atoms with Crippen molar-refractivity contribution in [2.45, 2.75) is 57.8 Å². The molecule has 0 saturated carbocycles. The van der Waals surface area contributed by atoms with Crippen molar-refractivity contribution in [1.29, 1.82) is 0 Å². The van der Waals surface area contributed by atoms with E-state index in [1.807, 2.05) is 18.2 Å². The summed E-state index contributed by atoms with van der Waals surface area (Å²) in [6, 6.07) is 8.13.